The van der Waals surface area contributed by atoms with Gasteiger partial charge in [-0.15, -0.1) is 12.4 Å². The molecule has 0 bridgehead atoms. The minimum absolute atomic E-state index is 0. The first-order valence-corrected chi connectivity index (χ1v) is 6.16. The zero-order valence-corrected chi connectivity index (χ0v) is 11.3. The van der Waals surface area contributed by atoms with E-state index in [-0.39, 0.29) is 12.4 Å². The molecule has 1 atom stereocenters. The van der Waals surface area contributed by atoms with Crippen LogP contribution in [0.15, 0.2) is 30.5 Å². The van der Waals surface area contributed by atoms with Crippen molar-refractivity contribution >= 4 is 29.0 Å². The van der Waals surface area contributed by atoms with E-state index in [0.29, 0.717) is 6.04 Å². The second-order valence-corrected chi connectivity index (χ2v) is 4.66. The molecular weight excluding hydrogens is 246 g/mol. The number of fused-ring (bicyclic) bond motifs is 1. The Kier molecular flexibility index (Phi) is 4.04. The van der Waals surface area contributed by atoms with Crippen LogP contribution in [0.5, 0.6) is 0 Å². The van der Waals surface area contributed by atoms with Crippen molar-refractivity contribution in [1.29, 1.82) is 0 Å². The van der Waals surface area contributed by atoms with Crippen molar-refractivity contribution in [2.24, 2.45) is 0 Å². The maximum Gasteiger partial charge on any atom is 0.0751 e. The number of aryl methyl sites for hydroxylation is 1. The summed E-state index contributed by atoms with van der Waals surface area (Å²) < 4.78 is 0. The number of anilines is 1. The summed E-state index contributed by atoms with van der Waals surface area (Å²) in [6, 6.07) is 8.95. The predicted octanol–water partition coefficient (Wildman–Crippen LogP) is 2.74. The van der Waals surface area contributed by atoms with Gasteiger partial charge in [0.15, 0.2) is 0 Å². The summed E-state index contributed by atoms with van der Waals surface area (Å²) >= 11 is 0. The Labute approximate surface area is 113 Å². The second kappa shape index (κ2) is 5.55. The fourth-order valence-corrected chi connectivity index (χ4v) is 2.45. The fraction of sp³-hybridized carbons (Fsp3) is 0.357. The van der Waals surface area contributed by atoms with Crippen LogP contribution in [0, 0.1) is 6.92 Å². The van der Waals surface area contributed by atoms with E-state index in [1.165, 1.54) is 23.1 Å². The topological polar surface area (TPSA) is 37.0 Å². The summed E-state index contributed by atoms with van der Waals surface area (Å²) in [5, 5.41) is 8.20. The molecule has 2 heterocycles. The second-order valence-electron chi connectivity index (χ2n) is 4.66. The Morgan fingerprint density at radius 3 is 3.00 bits per heavy atom. The largest absolute Gasteiger partial charge is 0.380 e. The van der Waals surface area contributed by atoms with Crippen LogP contribution in [0.4, 0.5) is 5.69 Å². The van der Waals surface area contributed by atoms with Gasteiger partial charge in [-0.25, -0.2) is 0 Å². The number of nitrogens with zero attached hydrogens (tertiary/aromatic N) is 1. The summed E-state index contributed by atoms with van der Waals surface area (Å²) in [5.41, 5.74) is 3.53. The van der Waals surface area contributed by atoms with Crippen molar-refractivity contribution in [3.05, 3.63) is 36.0 Å². The summed E-state index contributed by atoms with van der Waals surface area (Å²) in [4.78, 5) is 4.46. The normalized spacial score (nSPS) is 18.6. The van der Waals surface area contributed by atoms with E-state index < -0.39 is 0 Å². The van der Waals surface area contributed by atoms with Gasteiger partial charge >= 0.3 is 0 Å². The monoisotopic (exact) mass is 263 g/mol. The highest BCUT2D eigenvalue weighted by Gasteiger charge is 2.15. The molecule has 3 rings (SSSR count). The highest BCUT2D eigenvalue weighted by molar-refractivity contribution is 5.92. The lowest BCUT2D eigenvalue weighted by Crippen LogP contribution is -2.22. The SMILES string of the molecule is Cc1cccc2c(NC3CCNC3)ccnc12.Cl. The third-order valence-electron chi connectivity index (χ3n) is 3.39. The van der Waals surface area contributed by atoms with E-state index in [9.17, 15) is 0 Å². The quantitative estimate of drug-likeness (QED) is 0.875. The molecule has 1 saturated heterocycles. The molecule has 0 amide bonds. The van der Waals surface area contributed by atoms with Gasteiger partial charge in [0.05, 0.1) is 5.52 Å². The summed E-state index contributed by atoms with van der Waals surface area (Å²) in [7, 11) is 0. The van der Waals surface area contributed by atoms with Crippen LogP contribution >= 0.6 is 12.4 Å². The summed E-state index contributed by atoms with van der Waals surface area (Å²) in [6.07, 6.45) is 3.08. The predicted molar refractivity (Wildman–Crippen MR) is 78.6 cm³/mol. The van der Waals surface area contributed by atoms with Crippen molar-refractivity contribution in [2.75, 3.05) is 18.4 Å². The van der Waals surface area contributed by atoms with E-state index in [1.54, 1.807) is 0 Å². The maximum absolute atomic E-state index is 4.46. The van der Waals surface area contributed by atoms with Crippen LogP contribution in [0.1, 0.15) is 12.0 Å². The van der Waals surface area contributed by atoms with Crippen molar-refractivity contribution in [3.63, 3.8) is 0 Å². The molecule has 1 aromatic heterocycles. The molecule has 18 heavy (non-hydrogen) atoms. The number of nitrogens with one attached hydrogen (secondary N) is 2. The van der Waals surface area contributed by atoms with E-state index >= 15 is 0 Å². The number of halogens is 1. The maximum atomic E-state index is 4.46. The molecule has 2 aromatic rings. The van der Waals surface area contributed by atoms with Crippen molar-refractivity contribution in [2.45, 2.75) is 19.4 Å². The van der Waals surface area contributed by atoms with Crippen molar-refractivity contribution in [1.82, 2.24) is 10.3 Å². The number of pyridine rings is 1. The van der Waals surface area contributed by atoms with E-state index in [4.69, 9.17) is 0 Å². The van der Waals surface area contributed by atoms with Gasteiger partial charge in [0.25, 0.3) is 0 Å². The zero-order chi connectivity index (χ0) is 11.7. The van der Waals surface area contributed by atoms with Crippen molar-refractivity contribution < 1.29 is 0 Å². The lowest BCUT2D eigenvalue weighted by Gasteiger charge is -2.15. The molecule has 0 aliphatic carbocycles. The van der Waals surface area contributed by atoms with E-state index in [1.807, 2.05) is 6.20 Å². The van der Waals surface area contributed by atoms with Crippen LogP contribution in [-0.2, 0) is 0 Å². The standard InChI is InChI=1S/C14H17N3.ClH/c1-10-3-2-4-12-13(6-8-16-14(10)12)17-11-5-7-15-9-11;/h2-4,6,8,11,15H,5,7,9H2,1H3,(H,16,17);1H. The third kappa shape index (κ3) is 2.42. The zero-order valence-electron chi connectivity index (χ0n) is 10.4. The lowest BCUT2D eigenvalue weighted by molar-refractivity contribution is 0.794. The Morgan fingerprint density at radius 1 is 1.33 bits per heavy atom. The highest BCUT2D eigenvalue weighted by atomic mass is 35.5. The van der Waals surface area contributed by atoms with Crippen LogP contribution in [-0.4, -0.2) is 24.1 Å². The Bertz CT molecular complexity index is 536. The average molecular weight is 264 g/mol. The summed E-state index contributed by atoms with van der Waals surface area (Å²) in [5.74, 6) is 0. The van der Waals surface area contributed by atoms with Gasteiger partial charge in [-0.05, 0) is 31.5 Å². The Morgan fingerprint density at radius 2 is 2.22 bits per heavy atom. The Balaban J connectivity index is 0.00000120. The smallest absolute Gasteiger partial charge is 0.0751 e. The number of rotatable bonds is 2. The summed E-state index contributed by atoms with van der Waals surface area (Å²) in [6.45, 7) is 4.27. The number of para-hydroxylation sites is 1. The van der Waals surface area contributed by atoms with Crippen LogP contribution in [0.2, 0.25) is 0 Å². The first kappa shape index (κ1) is 13.1. The molecule has 96 valence electrons. The molecule has 2 N–H and O–H groups in total. The molecule has 1 fully saturated rings. The number of hydrogen-bond donors (Lipinski definition) is 2. The van der Waals surface area contributed by atoms with Gasteiger partial charge in [0, 0.05) is 29.9 Å². The first-order chi connectivity index (χ1) is 8.34. The van der Waals surface area contributed by atoms with Gasteiger partial charge < -0.3 is 10.6 Å². The van der Waals surface area contributed by atoms with E-state index in [0.717, 1.165) is 18.6 Å². The number of aromatic nitrogens is 1. The van der Waals surface area contributed by atoms with Crippen molar-refractivity contribution in [3.8, 4) is 0 Å². The lowest BCUT2D eigenvalue weighted by atomic mass is 10.1. The third-order valence-corrected chi connectivity index (χ3v) is 3.39. The molecule has 1 aliphatic heterocycles. The van der Waals surface area contributed by atoms with Crippen LogP contribution in [0.25, 0.3) is 10.9 Å². The fourth-order valence-electron chi connectivity index (χ4n) is 2.45. The Hall–Kier alpha value is -1.32. The molecular formula is C14H18ClN3. The van der Waals surface area contributed by atoms with Gasteiger partial charge in [-0.1, -0.05) is 18.2 Å². The molecule has 1 unspecified atom stereocenters. The molecule has 1 aromatic carbocycles. The van der Waals surface area contributed by atoms with Gasteiger partial charge in [-0.3, -0.25) is 4.98 Å². The van der Waals surface area contributed by atoms with E-state index in [2.05, 4.69) is 46.8 Å². The van der Waals surface area contributed by atoms with Gasteiger partial charge in [0.2, 0.25) is 0 Å². The average Bonchev–Trinajstić information content (AvgIpc) is 2.83. The molecule has 1 aliphatic rings. The molecule has 3 nitrogen and oxygen atoms in total. The number of hydrogen-bond acceptors (Lipinski definition) is 3. The van der Waals surface area contributed by atoms with Gasteiger partial charge in [0.1, 0.15) is 0 Å². The molecule has 0 radical (unpaired) electrons. The molecule has 0 saturated carbocycles. The first-order valence-electron chi connectivity index (χ1n) is 6.16. The van der Waals surface area contributed by atoms with Crippen LogP contribution in [0.3, 0.4) is 0 Å². The minimum Gasteiger partial charge on any atom is -0.380 e. The molecule has 4 heteroatoms. The highest BCUT2D eigenvalue weighted by Crippen LogP contribution is 2.24. The van der Waals surface area contributed by atoms with Gasteiger partial charge in [-0.2, -0.15) is 0 Å². The van der Waals surface area contributed by atoms with Crippen LogP contribution < -0.4 is 10.6 Å². The molecule has 0 spiro atoms. The number of benzene rings is 1. The minimum atomic E-state index is 0.